The van der Waals surface area contributed by atoms with Gasteiger partial charge in [-0.3, -0.25) is 4.79 Å². The maximum Gasteiger partial charge on any atom is 0.262 e. The zero-order valence-electron chi connectivity index (χ0n) is 15.1. The quantitative estimate of drug-likeness (QED) is 0.313. The summed E-state index contributed by atoms with van der Waals surface area (Å²) in [5.74, 6) is -0.214. The third kappa shape index (κ3) is 7.31. The van der Waals surface area contributed by atoms with Crippen LogP contribution in [0.3, 0.4) is 0 Å². The lowest BCUT2D eigenvalue weighted by molar-refractivity contribution is -0.117. The average Bonchev–Trinajstić information content (AvgIpc) is 2.60. The number of amides is 1. The van der Waals surface area contributed by atoms with E-state index in [1.807, 2.05) is 6.07 Å². The molecule has 1 amide bonds. The summed E-state index contributed by atoms with van der Waals surface area (Å²) in [5, 5.41) is 21.7. The van der Waals surface area contributed by atoms with Gasteiger partial charge in [-0.25, -0.2) is 0 Å². The van der Waals surface area contributed by atoms with Crippen molar-refractivity contribution < 1.29 is 9.90 Å². The summed E-state index contributed by atoms with van der Waals surface area (Å²) >= 11 is 3.25. The molecule has 5 heteroatoms. The Morgan fingerprint density at radius 2 is 1.84 bits per heavy atom. The summed E-state index contributed by atoms with van der Waals surface area (Å²) in [6, 6.07) is 6.93. The lowest BCUT2D eigenvalue weighted by Crippen LogP contribution is -2.26. The first kappa shape index (κ1) is 21.2. The zero-order valence-corrected chi connectivity index (χ0v) is 16.7. The van der Waals surface area contributed by atoms with Crippen molar-refractivity contribution >= 4 is 27.4 Å². The number of phenols is 1. The number of nitrogens with one attached hydrogen (secondary N) is 1. The number of nitrogens with zero attached hydrogens (tertiary/aromatic N) is 1. The van der Waals surface area contributed by atoms with E-state index >= 15 is 0 Å². The van der Waals surface area contributed by atoms with Gasteiger partial charge in [0.05, 0.1) is 4.47 Å². The van der Waals surface area contributed by atoms with Crippen molar-refractivity contribution in [3.05, 3.63) is 33.8 Å². The van der Waals surface area contributed by atoms with E-state index in [-0.39, 0.29) is 17.2 Å². The molecule has 0 heterocycles. The zero-order chi connectivity index (χ0) is 18.7. The Kier molecular flexibility index (Phi) is 9.94. The highest BCUT2D eigenvalue weighted by Gasteiger charge is 2.14. The molecule has 25 heavy (non-hydrogen) atoms. The van der Waals surface area contributed by atoms with Crippen LogP contribution in [-0.2, 0) is 4.79 Å². The minimum absolute atomic E-state index is 0.112. The molecular formula is C20H27BrN2O2. The molecule has 0 aromatic heterocycles. The second-order valence-corrected chi connectivity index (χ2v) is 7.01. The van der Waals surface area contributed by atoms with E-state index in [0.29, 0.717) is 16.6 Å². The van der Waals surface area contributed by atoms with E-state index < -0.39 is 0 Å². The molecule has 0 fully saturated rings. The molecule has 136 valence electrons. The summed E-state index contributed by atoms with van der Waals surface area (Å²) in [5.41, 5.74) is 1.44. The number of aromatic hydroxyl groups is 1. The predicted octanol–water partition coefficient (Wildman–Crippen LogP) is 5.32. The predicted molar refractivity (Wildman–Crippen MR) is 105 cm³/mol. The fourth-order valence-corrected chi connectivity index (χ4v) is 2.94. The fraction of sp³-hybridized carbons (Fsp3) is 0.500. The number of nitriles is 1. The summed E-state index contributed by atoms with van der Waals surface area (Å²) in [4.78, 5) is 12.3. The van der Waals surface area contributed by atoms with Crippen LogP contribution in [0.5, 0.6) is 5.75 Å². The molecule has 0 saturated carbocycles. The highest BCUT2D eigenvalue weighted by molar-refractivity contribution is 9.10. The molecule has 0 aliphatic rings. The molecule has 0 aliphatic heterocycles. The maximum absolute atomic E-state index is 12.3. The van der Waals surface area contributed by atoms with Gasteiger partial charge in [-0.1, -0.05) is 51.5 Å². The number of halogens is 1. The van der Waals surface area contributed by atoms with Crippen LogP contribution in [0, 0.1) is 11.3 Å². The number of rotatable bonds is 10. The van der Waals surface area contributed by atoms with Gasteiger partial charge in [0, 0.05) is 6.54 Å². The molecular weight excluding hydrogens is 380 g/mol. The van der Waals surface area contributed by atoms with Gasteiger partial charge >= 0.3 is 0 Å². The summed E-state index contributed by atoms with van der Waals surface area (Å²) in [6.45, 7) is 4.53. The average molecular weight is 407 g/mol. The number of hydrogen-bond acceptors (Lipinski definition) is 3. The Hall–Kier alpha value is -1.80. The van der Waals surface area contributed by atoms with Crippen LogP contribution in [0.4, 0.5) is 0 Å². The second kappa shape index (κ2) is 11.7. The van der Waals surface area contributed by atoms with E-state index in [9.17, 15) is 15.2 Å². The molecule has 0 atom stereocenters. The van der Waals surface area contributed by atoms with Crippen LogP contribution in [0.25, 0.3) is 5.57 Å². The highest BCUT2D eigenvalue weighted by Crippen LogP contribution is 2.28. The Morgan fingerprint density at radius 3 is 2.44 bits per heavy atom. The lowest BCUT2D eigenvalue weighted by atomic mass is 10.0. The molecule has 0 radical (unpaired) electrons. The molecule has 1 rings (SSSR count). The SMILES string of the molecule is CCCCCCCCCNC(=O)/C(C#N)=C(/C)c1ccc(O)c(Br)c1. The van der Waals surface area contributed by atoms with E-state index in [0.717, 1.165) is 18.4 Å². The Balaban J connectivity index is 2.53. The van der Waals surface area contributed by atoms with Gasteiger partial charge in [-0.15, -0.1) is 0 Å². The molecule has 0 bridgehead atoms. The van der Waals surface area contributed by atoms with Gasteiger partial charge in [0.25, 0.3) is 5.91 Å². The summed E-state index contributed by atoms with van der Waals surface area (Å²) in [7, 11) is 0. The number of unbranched alkanes of at least 4 members (excludes halogenated alkanes) is 6. The number of carbonyl (C=O) groups excluding carboxylic acids is 1. The van der Waals surface area contributed by atoms with Crippen LogP contribution >= 0.6 is 15.9 Å². The molecule has 2 N–H and O–H groups in total. The van der Waals surface area contributed by atoms with Crippen molar-refractivity contribution in [1.29, 1.82) is 5.26 Å². The third-order valence-corrected chi connectivity index (χ3v) is 4.80. The smallest absolute Gasteiger partial charge is 0.262 e. The van der Waals surface area contributed by atoms with Crippen LogP contribution in [0.2, 0.25) is 0 Å². The number of carbonyl (C=O) groups is 1. The second-order valence-electron chi connectivity index (χ2n) is 6.16. The Bertz CT molecular complexity index is 648. The number of hydrogen-bond donors (Lipinski definition) is 2. The standard InChI is InChI=1S/C20H27BrN2O2/c1-3-4-5-6-7-8-9-12-23-20(25)17(14-22)15(2)16-10-11-19(24)18(21)13-16/h10-11,13,24H,3-9,12H2,1-2H3,(H,23,25)/b17-15-. The van der Waals surface area contributed by atoms with Crippen LogP contribution < -0.4 is 5.32 Å². The van der Waals surface area contributed by atoms with Gasteiger partial charge in [0.15, 0.2) is 0 Å². The summed E-state index contributed by atoms with van der Waals surface area (Å²) in [6.07, 6.45) is 8.29. The lowest BCUT2D eigenvalue weighted by Gasteiger charge is -2.09. The highest BCUT2D eigenvalue weighted by atomic mass is 79.9. The number of phenolic OH excluding ortho intramolecular Hbond substituents is 1. The van der Waals surface area contributed by atoms with Crippen molar-refractivity contribution in [1.82, 2.24) is 5.32 Å². The van der Waals surface area contributed by atoms with Gasteiger partial charge in [0.2, 0.25) is 0 Å². The van der Waals surface area contributed by atoms with Crippen molar-refractivity contribution in [3.8, 4) is 11.8 Å². The van der Waals surface area contributed by atoms with E-state index in [2.05, 4.69) is 28.2 Å². The van der Waals surface area contributed by atoms with Gasteiger partial charge in [-0.2, -0.15) is 5.26 Å². The molecule has 0 saturated heterocycles. The van der Waals surface area contributed by atoms with E-state index in [4.69, 9.17) is 0 Å². The van der Waals surface area contributed by atoms with E-state index in [1.54, 1.807) is 19.1 Å². The normalized spacial score (nSPS) is 11.6. The first-order valence-corrected chi connectivity index (χ1v) is 9.68. The molecule has 4 nitrogen and oxygen atoms in total. The van der Waals surface area contributed by atoms with Crippen molar-refractivity contribution in [2.45, 2.75) is 58.8 Å². The van der Waals surface area contributed by atoms with Gasteiger partial charge in [-0.05, 0) is 52.5 Å². The Morgan fingerprint density at radius 1 is 1.20 bits per heavy atom. The van der Waals surface area contributed by atoms with Crippen LogP contribution in [-0.4, -0.2) is 17.6 Å². The summed E-state index contributed by atoms with van der Waals surface area (Å²) < 4.78 is 0.533. The van der Waals surface area contributed by atoms with Crippen molar-refractivity contribution in [2.75, 3.05) is 6.54 Å². The number of benzene rings is 1. The molecule has 1 aromatic carbocycles. The fourth-order valence-electron chi connectivity index (χ4n) is 2.56. The third-order valence-electron chi connectivity index (χ3n) is 4.16. The maximum atomic E-state index is 12.3. The van der Waals surface area contributed by atoms with Gasteiger partial charge in [0.1, 0.15) is 17.4 Å². The van der Waals surface area contributed by atoms with Crippen LogP contribution in [0.15, 0.2) is 28.2 Å². The van der Waals surface area contributed by atoms with E-state index in [1.165, 1.54) is 38.2 Å². The monoisotopic (exact) mass is 406 g/mol. The van der Waals surface area contributed by atoms with Crippen LogP contribution in [0.1, 0.15) is 64.4 Å². The van der Waals surface area contributed by atoms with Crippen molar-refractivity contribution in [2.24, 2.45) is 0 Å². The largest absolute Gasteiger partial charge is 0.507 e. The molecule has 0 aliphatic carbocycles. The first-order chi connectivity index (χ1) is 12.0. The molecule has 1 aromatic rings. The van der Waals surface area contributed by atoms with Gasteiger partial charge < -0.3 is 10.4 Å². The van der Waals surface area contributed by atoms with Crippen molar-refractivity contribution in [3.63, 3.8) is 0 Å². The Labute approximate surface area is 159 Å². The first-order valence-electron chi connectivity index (χ1n) is 8.89. The minimum atomic E-state index is -0.338. The molecule has 0 unspecified atom stereocenters. The minimum Gasteiger partial charge on any atom is -0.507 e. The topological polar surface area (TPSA) is 73.1 Å². The molecule has 0 spiro atoms. The number of allylic oxidation sites excluding steroid dienone is 1.